The summed E-state index contributed by atoms with van der Waals surface area (Å²) in [5.74, 6) is -0.228. The molecule has 0 saturated heterocycles. The minimum absolute atomic E-state index is 0.140. The summed E-state index contributed by atoms with van der Waals surface area (Å²) in [7, 11) is 1.77. The number of aromatic nitrogens is 4. The molecule has 1 radical (unpaired) electrons. The van der Waals surface area contributed by atoms with Gasteiger partial charge in [-0.15, -0.1) is 0 Å². The van der Waals surface area contributed by atoms with Crippen LogP contribution in [0.1, 0.15) is 25.8 Å². The van der Waals surface area contributed by atoms with E-state index in [1.54, 1.807) is 30.1 Å². The van der Waals surface area contributed by atoms with Crippen LogP contribution in [0, 0.1) is 11.9 Å². The van der Waals surface area contributed by atoms with Crippen LogP contribution in [-0.4, -0.2) is 50.8 Å². The SMILES string of the molecule is CCN(CC)CCCNc1ncc2c(-c3[c]cc(-c4cc(C(F)(F)F)ccc4F)cc3)nn(C)c2n1. The Labute approximate surface area is 207 Å². The van der Waals surface area contributed by atoms with Crippen LogP contribution in [-0.2, 0) is 13.2 Å². The van der Waals surface area contributed by atoms with E-state index in [2.05, 4.69) is 45.2 Å². The second-order valence-corrected chi connectivity index (χ2v) is 8.39. The summed E-state index contributed by atoms with van der Waals surface area (Å²) in [4.78, 5) is 11.3. The van der Waals surface area contributed by atoms with Gasteiger partial charge in [-0.1, -0.05) is 26.0 Å². The lowest BCUT2D eigenvalue weighted by Gasteiger charge is -2.17. The zero-order chi connectivity index (χ0) is 25.9. The van der Waals surface area contributed by atoms with Crippen LogP contribution in [0.4, 0.5) is 23.5 Å². The summed E-state index contributed by atoms with van der Waals surface area (Å²) < 4.78 is 55.1. The number of alkyl halides is 3. The van der Waals surface area contributed by atoms with E-state index in [0.29, 0.717) is 28.2 Å². The van der Waals surface area contributed by atoms with Crippen molar-refractivity contribution >= 4 is 17.0 Å². The molecule has 0 amide bonds. The van der Waals surface area contributed by atoms with Gasteiger partial charge in [-0.2, -0.15) is 23.3 Å². The number of aryl methyl sites for hydroxylation is 1. The van der Waals surface area contributed by atoms with E-state index in [1.165, 1.54) is 6.07 Å². The summed E-state index contributed by atoms with van der Waals surface area (Å²) in [6, 6.07) is 10.0. The molecule has 0 spiro atoms. The zero-order valence-electron chi connectivity index (χ0n) is 20.3. The van der Waals surface area contributed by atoms with Crippen LogP contribution in [0.3, 0.4) is 0 Å². The van der Waals surface area contributed by atoms with Gasteiger partial charge in [-0.3, -0.25) is 0 Å². The molecule has 4 aromatic rings. The van der Waals surface area contributed by atoms with E-state index in [0.717, 1.165) is 50.8 Å². The van der Waals surface area contributed by atoms with Crippen LogP contribution in [0.25, 0.3) is 33.4 Å². The molecule has 2 aromatic carbocycles. The van der Waals surface area contributed by atoms with Crippen molar-refractivity contribution in [3.05, 3.63) is 60.0 Å². The summed E-state index contributed by atoms with van der Waals surface area (Å²) in [5.41, 5.74) is 1.05. The molecule has 0 saturated carbocycles. The van der Waals surface area contributed by atoms with Gasteiger partial charge < -0.3 is 10.2 Å². The highest BCUT2D eigenvalue weighted by Gasteiger charge is 2.31. The predicted octanol–water partition coefficient (Wildman–Crippen LogP) is 5.80. The normalized spacial score (nSPS) is 12.0. The number of anilines is 1. The molecular weight excluding hydrogens is 472 g/mol. The second kappa shape index (κ2) is 10.6. The molecule has 2 aromatic heterocycles. The van der Waals surface area contributed by atoms with Gasteiger partial charge in [0.2, 0.25) is 5.95 Å². The van der Waals surface area contributed by atoms with Crippen molar-refractivity contribution < 1.29 is 17.6 Å². The van der Waals surface area contributed by atoms with E-state index in [9.17, 15) is 17.6 Å². The number of hydrogen-bond donors (Lipinski definition) is 1. The van der Waals surface area contributed by atoms with Crippen molar-refractivity contribution in [2.24, 2.45) is 7.05 Å². The third kappa shape index (κ3) is 5.48. The van der Waals surface area contributed by atoms with Gasteiger partial charge in [-0.05, 0) is 62.0 Å². The Hall–Kier alpha value is -3.53. The minimum Gasteiger partial charge on any atom is -0.354 e. The van der Waals surface area contributed by atoms with Crippen LogP contribution in [0.15, 0.2) is 42.6 Å². The predicted molar refractivity (Wildman–Crippen MR) is 132 cm³/mol. The average Bonchev–Trinajstić information content (AvgIpc) is 3.19. The van der Waals surface area contributed by atoms with Gasteiger partial charge >= 0.3 is 6.18 Å². The van der Waals surface area contributed by atoms with E-state index < -0.39 is 17.6 Å². The molecule has 0 atom stereocenters. The van der Waals surface area contributed by atoms with E-state index in [1.807, 2.05) is 0 Å². The fourth-order valence-electron chi connectivity index (χ4n) is 4.03. The Kier molecular flexibility index (Phi) is 7.53. The smallest absolute Gasteiger partial charge is 0.354 e. The number of fused-ring (bicyclic) bond motifs is 1. The van der Waals surface area contributed by atoms with E-state index in [4.69, 9.17) is 0 Å². The standard InChI is InChI=1S/C26H27F4N6/c1-4-36(5-2)14-6-13-31-25-32-16-21-23(34-35(3)24(21)33-25)18-9-7-17(8-10-18)20-15-19(26(28,29)30)11-12-22(20)27/h7-9,11-12,15-16H,4-6,13-14H2,1-3H3,(H,31,32,33). The zero-order valence-corrected chi connectivity index (χ0v) is 20.3. The largest absolute Gasteiger partial charge is 0.416 e. The Balaban J connectivity index is 1.54. The van der Waals surface area contributed by atoms with Crippen LogP contribution in [0.5, 0.6) is 0 Å². The first kappa shape index (κ1) is 25.6. The maximum Gasteiger partial charge on any atom is 0.416 e. The maximum atomic E-state index is 14.3. The van der Waals surface area contributed by atoms with E-state index in [-0.39, 0.29) is 11.1 Å². The molecule has 189 valence electrons. The molecule has 0 aliphatic heterocycles. The third-order valence-electron chi connectivity index (χ3n) is 6.08. The molecule has 36 heavy (non-hydrogen) atoms. The van der Waals surface area contributed by atoms with Gasteiger partial charge in [0.15, 0.2) is 5.65 Å². The molecule has 2 heterocycles. The van der Waals surface area contributed by atoms with E-state index >= 15 is 0 Å². The highest BCUT2D eigenvalue weighted by molar-refractivity contribution is 5.91. The monoisotopic (exact) mass is 499 g/mol. The van der Waals surface area contributed by atoms with Crippen molar-refractivity contribution in [1.29, 1.82) is 0 Å². The first-order chi connectivity index (χ1) is 17.2. The molecule has 1 N–H and O–H groups in total. The number of rotatable bonds is 9. The fraction of sp³-hybridized carbons (Fsp3) is 0.346. The van der Waals surface area contributed by atoms with Crippen LogP contribution in [0.2, 0.25) is 0 Å². The van der Waals surface area contributed by atoms with Crippen molar-refractivity contribution in [2.45, 2.75) is 26.4 Å². The van der Waals surface area contributed by atoms with Gasteiger partial charge in [0.25, 0.3) is 0 Å². The summed E-state index contributed by atoms with van der Waals surface area (Å²) in [6.45, 7) is 8.06. The lowest BCUT2D eigenvalue weighted by Crippen LogP contribution is -2.25. The first-order valence-corrected chi connectivity index (χ1v) is 11.8. The number of halogens is 4. The van der Waals surface area contributed by atoms with Gasteiger partial charge in [0, 0.05) is 30.9 Å². The number of benzene rings is 2. The van der Waals surface area contributed by atoms with Gasteiger partial charge in [-0.25, -0.2) is 14.1 Å². The molecule has 4 rings (SSSR count). The second-order valence-electron chi connectivity index (χ2n) is 8.39. The van der Waals surface area contributed by atoms with Crippen molar-refractivity contribution in [3.8, 4) is 22.4 Å². The molecule has 0 unspecified atom stereocenters. The van der Waals surface area contributed by atoms with Gasteiger partial charge in [0.05, 0.1) is 10.9 Å². The Morgan fingerprint density at radius 2 is 1.89 bits per heavy atom. The highest BCUT2D eigenvalue weighted by Crippen LogP contribution is 2.34. The molecule has 0 aliphatic carbocycles. The fourth-order valence-corrected chi connectivity index (χ4v) is 4.03. The van der Waals surface area contributed by atoms with Crippen molar-refractivity contribution in [2.75, 3.05) is 31.5 Å². The average molecular weight is 500 g/mol. The maximum absolute atomic E-state index is 14.3. The lowest BCUT2D eigenvalue weighted by molar-refractivity contribution is -0.137. The van der Waals surface area contributed by atoms with Crippen LogP contribution >= 0.6 is 0 Å². The summed E-state index contributed by atoms with van der Waals surface area (Å²) >= 11 is 0. The Morgan fingerprint density at radius 3 is 2.56 bits per heavy atom. The third-order valence-corrected chi connectivity index (χ3v) is 6.08. The summed E-state index contributed by atoms with van der Waals surface area (Å²) in [5, 5.41) is 8.49. The quantitative estimate of drug-likeness (QED) is 0.233. The molecule has 0 bridgehead atoms. The molecule has 0 fully saturated rings. The Morgan fingerprint density at radius 1 is 1.11 bits per heavy atom. The van der Waals surface area contributed by atoms with Gasteiger partial charge in [0.1, 0.15) is 11.5 Å². The lowest BCUT2D eigenvalue weighted by atomic mass is 10.00. The van der Waals surface area contributed by atoms with Crippen molar-refractivity contribution in [3.63, 3.8) is 0 Å². The molecule has 10 heteroatoms. The minimum atomic E-state index is -4.56. The van der Waals surface area contributed by atoms with Crippen LogP contribution < -0.4 is 5.32 Å². The molecular formula is C26H27F4N6. The summed E-state index contributed by atoms with van der Waals surface area (Å²) in [6.07, 6.45) is -1.91. The molecule has 0 aliphatic rings. The molecule has 6 nitrogen and oxygen atoms in total. The first-order valence-electron chi connectivity index (χ1n) is 11.8. The highest BCUT2D eigenvalue weighted by atomic mass is 19.4. The Bertz CT molecular complexity index is 1330. The number of nitrogens with one attached hydrogen (secondary N) is 1. The topological polar surface area (TPSA) is 58.9 Å². The number of nitrogens with zero attached hydrogens (tertiary/aromatic N) is 5. The van der Waals surface area contributed by atoms with Crippen molar-refractivity contribution in [1.82, 2.24) is 24.6 Å². The number of hydrogen-bond acceptors (Lipinski definition) is 5.